The van der Waals surface area contributed by atoms with Gasteiger partial charge < -0.3 is 0 Å². The van der Waals surface area contributed by atoms with Gasteiger partial charge >= 0.3 is 5.92 Å². The normalized spacial score (nSPS) is 14.2. The average molecular weight is 218 g/mol. The maximum atomic E-state index is 12.5. The molecule has 13 heavy (non-hydrogen) atoms. The van der Waals surface area contributed by atoms with Crippen molar-refractivity contribution >= 4 is 16.9 Å². The second-order valence-corrected chi connectivity index (χ2v) is 3.76. The van der Waals surface area contributed by atoms with Gasteiger partial charge in [-0.1, -0.05) is 11.8 Å². The smallest absolute Gasteiger partial charge is 0.288 e. The number of alkyl halides is 4. The molecular formula is C7H10F4OS. The van der Waals surface area contributed by atoms with Crippen molar-refractivity contribution in [1.29, 1.82) is 0 Å². The number of rotatable bonds is 5. The Bertz CT molecular complexity index is 174. The van der Waals surface area contributed by atoms with Crippen LogP contribution in [0.2, 0.25) is 0 Å². The molecule has 0 aromatic carbocycles. The highest BCUT2D eigenvalue weighted by Gasteiger charge is 2.39. The summed E-state index contributed by atoms with van der Waals surface area (Å²) in [6.45, 7) is -0.746. The van der Waals surface area contributed by atoms with E-state index < -0.39 is 25.2 Å². The SMILES string of the molecule is CC(=O)SCCC(F)C(F)(F)CF. The molecule has 0 bridgehead atoms. The molecule has 0 aliphatic rings. The fraction of sp³-hybridized carbons (Fsp3) is 0.857. The average Bonchev–Trinajstić information content (AvgIpc) is 2.03. The van der Waals surface area contributed by atoms with E-state index in [2.05, 4.69) is 0 Å². The molecule has 0 N–H and O–H groups in total. The van der Waals surface area contributed by atoms with E-state index in [0.29, 0.717) is 0 Å². The van der Waals surface area contributed by atoms with E-state index in [1.54, 1.807) is 0 Å². The van der Waals surface area contributed by atoms with Crippen molar-refractivity contribution in [3.05, 3.63) is 0 Å². The van der Waals surface area contributed by atoms with Gasteiger partial charge in [-0.3, -0.25) is 4.79 Å². The summed E-state index contributed by atoms with van der Waals surface area (Å²) in [4.78, 5) is 10.3. The molecular weight excluding hydrogens is 208 g/mol. The third kappa shape index (κ3) is 5.13. The Kier molecular flexibility index (Phi) is 5.36. The summed E-state index contributed by atoms with van der Waals surface area (Å²) in [6.07, 6.45) is -3.02. The van der Waals surface area contributed by atoms with Crippen LogP contribution in [0.15, 0.2) is 0 Å². The number of hydrogen-bond donors (Lipinski definition) is 0. The number of hydrogen-bond acceptors (Lipinski definition) is 2. The fourth-order valence-electron chi connectivity index (χ4n) is 0.601. The zero-order valence-electron chi connectivity index (χ0n) is 7.03. The van der Waals surface area contributed by atoms with Crippen LogP contribution in [-0.4, -0.2) is 29.6 Å². The monoisotopic (exact) mass is 218 g/mol. The highest BCUT2D eigenvalue weighted by atomic mass is 32.2. The van der Waals surface area contributed by atoms with Crippen molar-refractivity contribution in [3.8, 4) is 0 Å². The van der Waals surface area contributed by atoms with Crippen molar-refractivity contribution in [2.24, 2.45) is 0 Å². The van der Waals surface area contributed by atoms with Crippen LogP contribution in [0.25, 0.3) is 0 Å². The van der Waals surface area contributed by atoms with Crippen LogP contribution in [0.1, 0.15) is 13.3 Å². The lowest BCUT2D eigenvalue weighted by Crippen LogP contribution is -2.32. The van der Waals surface area contributed by atoms with Crippen molar-refractivity contribution in [1.82, 2.24) is 0 Å². The van der Waals surface area contributed by atoms with E-state index >= 15 is 0 Å². The summed E-state index contributed by atoms with van der Waals surface area (Å²) in [5.74, 6) is -3.97. The molecule has 0 saturated carbocycles. The summed E-state index contributed by atoms with van der Waals surface area (Å²) in [7, 11) is 0. The standard InChI is InChI=1S/C7H10F4OS/c1-5(12)13-3-2-6(9)7(10,11)4-8/h6H,2-4H2,1H3. The van der Waals surface area contributed by atoms with Gasteiger partial charge in [0.2, 0.25) is 0 Å². The molecule has 0 radical (unpaired) electrons. The van der Waals surface area contributed by atoms with Gasteiger partial charge in [-0.2, -0.15) is 0 Å². The molecule has 0 fully saturated rings. The number of thioether (sulfide) groups is 1. The van der Waals surface area contributed by atoms with Gasteiger partial charge in [-0.05, 0) is 6.42 Å². The van der Waals surface area contributed by atoms with Gasteiger partial charge in [0, 0.05) is 12.7 Å². The van der Waals surface area contributed by atoms with Crippen molar-refractivity contribution < 1.29 is 22.4 Å². The lowest BCUT2D eigenvalue weighted by Gasteiger charge is -2.16. The van der Waals surface area contributed by atoms with Crippen molar-refractivity contribution in [3.63, 3.8) is 0 Å². The van der Waals surface area contributed by atoms with Gasteiger partial charge in [0.15, 0.2) is 18.0 Å². The quantitative estimate of drug-likeness (QED) is 0.660. The maximum Gasteiger partial charge on any atom is 0.306 e. The van der Waals surface area contributed by atoms with Crippen LogP contribution in [0, 0.1) is 0 Å². The third-order valence-corrected chi connectivity index (χ3v) is 2.16. The van der Waals surface area contributed by atoms with Crippen molar-refractivity contribution in [2.75, 3.05) is 12.4 Å². The highest BCUT2D eigenvalue weighted by molar-refractivity contribution is 8.13. The van der Waals surface area contributed by atoms with E-state index in [4.69, 9.17) is 0 Å². The Labute approximate surface area is 77.9 Å². The molecule has 0 rings (SSSR count). The first-order valence-corrected chi connectivity index (χ1v) is 4.60. The molecule has 0 aromatic heterocycles. The molecule has 1 atom stereocenters. The first-order valence-electron chi connectivity index (χ1n) is 3.61. The second-order valence-electron chi connectivity index (χ2n) is 2.49. The molecule has 0 amide bonds. The fourth-order valence-corrected chi connectivity index (χ4v) is 1.21. The van der Waals surface area contributed by atoms with Gasteiger partial charge in [0.25, 0.3) is 0 Å². The predicted molar refractivity (Wildman–Crippen MR) is 43.6 cm³/mol. The van der Waals surface area contributed by atoms with E-state index in [1.807, 2.05) is 0 Å². The predicted octanol–water partition coefficient (Wildman–Crippen LogP) is 2.60. The molecule has 78 valence electrons. The molecule has 0 heterocycles. The van der Waals surface area contributed by atoms with E-state index in [1.165, 1.54) is 6.92 Å². The van der Waals surface area contributed by atoms with Gasteiger partial charge in [-0.15, -0.1) is 0 Å². The van der Waals surface area contributed by atoms with Crippen molar-refractivity contribution in [2.45, 2.75) is 25.4 Å². The summed E-state index contributed by atoms with van der Waals surface area (Å²) < 4.78 is 48.5. The molecule has 6 heteroatoms. The lowest BCUT2D eigenvalue weighted by molar-refractivity contribution is -0.109. The minimum Gasteiger partial charge on any atom is -0.288 e. The minimum atomic E-state index is -3.92. The zero-order chi connectivity index (χ0) is 10.5. The lowest BCUT2D eigenvalue weighted by atomic mass is 10.2. The van der Waals surface area contributed by atoms with Crippen LogP contribution < -0.4 is 0 Å². The van der Waals surface area contributed by atoms with Crippen LogP contribution in [0.5, 0.6) is 0 Å². The largest absolute Gasteiger partial charge is 0.306 e. The van der Waals surface area contributed by atoms with Crippen LogP contribution >= 0.6 is 11.8 Å². The van der Waals surface area contributed by atoms with E-state index in [9.17, 15) is 22.4 Å². The molecule has 0 aliphatic carbocycles. The Hall–Kier alpha value is -0.260. The Morgan fingerprint density at radius 2 is 2.08 bits per heavy atom. The molecule has 0 aliphatic heterocycles. The molecule has 0 aromatic rings. The maximum absolute atomic E-state index is 12.5. The zero-order valence-corrected chi connectivity index (χ0v) is 7.84. The molecule has 1 nitrogen and oxygen atoms in total. The number of halogens is 4. The summed E-state index contributed by atoms with van der Waals surface area (Å²) in [5, 5.41) is -0.268. The summed E-state index contributed by atoms with van der Waals surface area (Å²) in [6, 6.07) is 0. The topological polar surface area (TPSA) is 17.1 Å². The van der Waals surface area contributed by atoms with Crippen LogP contribution in [0.4, 0.5) is 17.6 Å². The Morgan fingerprint density at radius 3 is 2.46 bits per heavy atom. The number of carbonyl (C=O) groups excluding carboxylic acids is 1. The number of carbonyl (C=O) groups is 1. The third-order valence-electron chi connectivity index (χ3n) is 1.31. The second kappa shape index (κ2) is 5.47. The Balaban J connectivity index is 3.74. The minimum absolute atomic E-state index is 0.0495. The van der Waals surface area contributed by atoms with Crippen LogP contribution in [0.3, 0.4) is 0 Å². The summed E-state index contributed by atoms with van der Waals surface area (Å²) in [5.41, 5.74) is 0. The molecule has 0 spiro atoms. The van der Waals surface area contributed by atoms with Gasteiger partial charge in [-0.25, -0.2) is 17.6 Å². The van der Waals surface area contributed by atoms with Gasteiger partial charge in [0.05, 0.1) is 0 Å². The first kappa shape index (κ1) is 12.7. The van der Waals surface area contributed by atoms with Crippen LogP contribution in [-0.2, 0) is 4.79 Å². The van der Waals surface area contributed by atoms with Gasteiger partial charge in [0.1, 0.15) is 0 Å². The summed E-state index contributed by atoms with van der Waals surface area (Å²) >= 11 is 0.752. The molecule has 1 unspecified atom stereocenters. The highest BCUT2D eigenvalue weighted by Crippen LogP contribution is 2.25. The van der Waals surface area contributed by atoms with E-state index in [-0.39, 0.29) is 10.9 Å². The first-order chi connectivity index (χ1) is 5.90. The Morgan fingerprint density at radius 1 is 1.54 bits per heavy atom. The molecule has 0 saturated heterocycles. The van der Waals surface area contributed by atoms with E-state index in [0.717, 1.165) is 11.8 Å².